The molecule has 11 heteroatoms. The average Bonchev–Trinajstić information content (AvgIpc) is 2.54. The summed E-state index contributed by atoms with van der Waals surface area (Å²) in [7, 11) is 0. The van der Waals surface area contributed by atoms with Gasteiger partial charge >= 0.3 is 23.9 Å². The number of carboxylic acid groups (broad SMARTS) is 3. The second-order valence-corrected chi connectivity index (χ2v) is 4.67. The summed E-state index contributed by atoms with van der Waals surface area (Å²) in [6, 6.07) is 0. The highest BCUT2D eigenvalue weighted by Gasteiger charge is 2.18. The molecule has 0 rings (SSSR count). The molecule has 6 N–H and O–H groups in total. The monoisotopic (exact) mass is 378 g/mol. The van der Waals surface area contributed by atoms with Gasteiger partial charge in [0.05, 0.1) is 6.10 Å². The molecule has 11 nitrogen and oxygen atoms in total. The molecule has 148 valence electrons. The molecule has 26 heavy (non-hydrogen) atoms. The zero-order chi connectivity index (χ0) is 20.7. The van der Waals surface area contributed by atoms with Gasteiger partial charge in [0.15, 0.2) is 0 Å². The smallest absolute Gasteiger partial charge is 0.332 e. The lowest BCUT2D eigenvalue weighted by atomic mass is 10.0. The Balaban J connectivity index is 0. The minimum absolute atomic E-state index is 0.136. The molecule has 0 saturated carbocycles. The molecule has 0 radical (unpaired) electrons. The lowest BCUT2D eigenvalue weighted by Crippen LogP contribution is -2.13. The molecule has 0 aliphatic heterocycles. The fourth-order valence-corrected chi connectivity index (χ4v) is 1.39. The van der Waals surface area contributed by atoms with Crippen molar-refractivity contribution in [3.8, 4) is 0 Å². The molecular weight excluding hydrogens is 356 g/mol. The normalized spacial score (nSPS) is 12.5. The van der Waals surface area contributed by atoms with Gasteiger partial charge in [-0.1, -0.05) is 0 Å². The summed E-state index contributed by atoms with van der Waals surface area (Å²) < 4.78 is 4.41. The predicted octanol–water partition coefficient (Wildman–Crippen LogP) is -1.23. The van der Waals surface area contributed by atoms with E-state index in [0.29, 0.717) is 6.08 Å². The van der Waals surface area contributed by atoms with E-state index in [-0.39, 0.29) is 30.6 Å². The minimum Gasteiger partial charge on any atom is -0.478 e. The Kier molecular flexibility index (Phi) is 14.3. The summed E-state index contributed by atoms with van der Waals surface area (Å²) in [6.45, 7) is 0.435. The highest BCUT2D eigenvalue weighted by Crippen LogP contribution is 2.13. The molecule has 0 saturated heterocycles. The van der Waals surface area contributed by atoms with Crippen molar-refractivity contribution >= 4 is 23.9 Å². The molecule has 0 aromatic carbocycles. The second-order valence-electron chi connectivity index (χ2n) is 4.67. The molecule has 0 fully saturated rings. The number of carbonyl (C=O) groups is 4. The van der Waals surface area contributed by atoms with Gasteiger partial charge in [-0.2, -0.15) is 0 Å². The van der Waals surface area contributed by atoms with Gasteiger partial charge in [0.2, 0.25) is 0 Å². The first kappa shape index (κ1) is 25.5. The van der Waals surface area contributed by atoms with Gasteiger partial charge in [-0.05, 0) is 6.92 Å². The third-order valence-electron chi connectivity index (χ3n) is 2.43. The van der Waals surface area contributed by atoms with E-state index in [4.69, 9.17) is 30.6 Å². The molecule has 0 spiro atoms. The van der Waals surface area contributed by atoms with Crippen LogP contribution in [0.3, 0.4) is 0 Å². The zero-order valence-corrected chi connectivity index (χ0v) is 14.0. The summed E-state index contributed by atoms with van der Waals surface area (Å²) >= 11 is 0. The zero-order valence-electron chi connectivity index (χ0n) is 14.0. The molecule has 0 amide bonds. The number of aliphatic hydroxyl groups is 3. The van der Waals surface area contributed by atoms with E-state index in [1.165, 1.54) is 6.92 Å². The van der Waals surface area contributed by atoms with E-state index < -0.39 is 43.2 Å². The largest absolute Gasteiger partial charge is 0.478 e. The van der Waals surface area contributed by atoms with Gasteiger partial charge in [-0.3, -0.25) is 0 Å². The van der Waals surface area contributed by atoms with Gasteiger partial charge in [-0.15, -0.1) is 0 Å². The fraction of sp³-hybridized carbons (Fsp3) is 0.467. The predicted molar refractivity (Wildman–Crippen MR) is 85.1 cm³/mol. The van der Waals surface area contributed by atoms with Gasteiger partial charge in [0, 0.05) is 49.4 Å². The van der Waals surface area contributed by atoms with Gasteiger partial charge < -0.3 is 35.4 Å². The van der Waals surface area contributed by atoms with Crippen LogP contribution in [0.4, 0.5) is 0 Å². The first-order chi connectivity index (χ1) is 12.1. The summed E-state index contributed by atoms with van der Waals surface area (Å²) in [6.07, 6.45) is 0.232. The third-order valence-corrected chi connectivity index (χ3v) is 2.43. The number of aliphatic hydroxyl groups excluding tert-OH is 3. The molecule has 0 aliphatic carbocycles. The summed E-state index contributed by atoms with van der Waals surface area (Å²) in [4.78, 5) is 41.7. The molecule has 1 atom stereocenters. The minimum atomic E-state index is -1.38. The van der Waals surface area contributed by atoms with Crippen molar-refractivity contribution in [2.75, 3.05) is 19.8 Å². The van der Waals surface area contributed by atoms with Gasteiger partial charge in [0.25, 0.3) is 0 Å². The Morgan fingerprint density at radius 1 is 0.885 bits per heavy atom. The topological polar surface area (TPSA) is 199 Å². The molecular formula is C15H22O11. The lowest BCUT2D eigenvalue weighted by Gasteiger charge is -2.05. The molecule has 0 aliphatic rings. The van der Waals surface area contributed by atoms with Crippen LogP contribution in [0.5, 0.6) is 0 Å². The first-order valence-corrected chi connectivity index (χ1v) is 7.22. The number of esters is 1. The molecule has 1 unspecified atom stereocenters. The Morgan fingerprint density at radius 2 is 1.31 bits per heavy atom. The maximum Gasteiger partial charge on any atom is 0.332 e. The number of hydrogen-bond donors (Lipinski definition) is 6. The van der Waals surface area contributed by atoms with Crippen LogP contribution in [0, 0.1) is 0 Å². The number of hydrogen-bond acceptors (Lipinski definition) is 8. The maximum absolute atomic E-state index is 10.6. The quantitative estimate of drug-likeness (QED) is 0.196. The van der Waals surface area contributed by atoms with E-state index in [1.807, 2.05) is 0 Å². The van der Waals surface area contributed by atoms with E-state index in [2.05, 4.69) is 4.74 Å². The van der Waals surface area contributed by atoms with E-state index in [1.54, 1.807) is 0 Å². The van der Waals surface area contributed by atoms with Crippen molar-refractivity contribution in [2.24, 2.45) is 0 Å². The lowest BCUT2D eigenvalue weighted by molar-refractivity contribution is -0.141. The van der Waals surface area contributed by atoms with Crippen molar-refractivity contribution in [2.45, 2.75) is 25.9 Å². The SMILES string of the molecule is CC(O)COC(=O)C=CC(=O)O.O=C(O)/C(CCO)=C(/CCO)C(=O)O. The highest BCUT2D eigenvalue weighted by molar-refractivity contribution is 5.98. The van der Waals surface area contributed by atoms with E-state index >= 15 is 0 Å². The first-order valence-electron chi connectivity index (χ1n) is 7.22. The molecule has 0 aromatic rings. The van der Waals surface area contributed by atoms with Crippen LogP contribution < -0.4 is 0 Å². The second kappa shape index (κ2) is 14.6. The number of carboxylic acids is 3. The standard InChI is InChI=1S/C8H12O6.C7H10O5/c9-3-1-5(7(11)12)6(2-4-10)8(13)14;1-5(8)4-12-7(11)3-2-6(9)10/h9-10H,1-4H2,(H,11,12)(H,13,14);2-3,5,8H,4H2,1H3,(H,9,10)/b6-5-;. The third kappa shape index (κ3) is 13.7. The van der Waals surface area contributed by atoms with Crippen LogP contribution >= 0.6 is 0 Å². The number of carbonyl (C=O) groups excluding carboxylic acids is 1. The van der Waals surface area contributed by atoms with Crippen LogP contribution in [-0.2, 0) is 23.9 Å². The number of ether oxygens (including phenoxy) is 1. The number of aliphatic carboxylic acids is 3. The van der Waals surface area contributed by atoms with Crippen LogP contribution in [0.25, 0.3) is 0 Å². The highest BCUT2D eigenvalue weighted by atomic mass is 16.5. The van der Waals surface area contributed by atoms with E-state index in [0.717, 1.165) is 6.08 Å². The Morgan fingerprint density at radius 3 is 1.58 bits per heavy atom. The van der Waals surface area contributed by atoms with Crippen LogP contribution in [0.15, 0.2) is 23.3 Å². The van der Waals surface area contributed by atoms with Crippen molar-refractivity contribution in [1.29, 1.82) is 0 Å². The molecule has 0 bridgehead atoms. The Hall–Kier alpha value is -2.76. The summed E-state index contributed by atoms with van der Waals surface area (Å²) in [5.74, 6) is -4.77. The fourth-order valence-electron chi connectivity index (χ4n) is 1.39. The van der Waals surface area contributed by atoms with Gasteiger partial charge in [0.1, 0.15) is 6.61 Å². The summed E-state index contributed by atoms with van der Waals surface area (Å²) in [5.41, 5.74) is -0.733. The molecule has 0 aromatic heterocycles. The average molecular weight is 378 g/mol. The number of rotatable bonds is 10. The van der Waals surface area contributed by atoms with Crippen molar-refractivity contribution < 1.29 is 54.6 Å². The van der Waals surface area contributed by atoms with Gasteiger partial charge in [-0.25, -0.2) is 19.2 Å². The Labute approximate surface area is 148 Å². The molecule has 0 heterocycles. The maximum atomic E-state index is 10.6. The van der Waals surface area contributed by atoms with Crippen LogP contribution in [-0.4, -0.2) is 80.4 Å². The van der Waals surface area contributed by atoms with Crippen molar-refractivity contribution in [3.05, 3.63) is 23.3 Å². The van der Waals surface area contributed by atoms with Crippen molar-refractivity contribution in [1.82, 2.24) is 0 Å². The van der Waals surface area contributed by atoms with Crippen molar-refractivity contribution in [3.63, 3.8) is 0 Å². The Bertz CT molecular complexity index is 520. The van der Waals surface area contributed by atoms with E-state index in [9.17, 15) is 19.2 Å². The van der Waals surface area contributed by atoms with Crippen LogP contribution in [0.1, 0.15) is 19.8 Å². The van der Waals surface area contributed by atoms with Crippen LogP contribution in [0.2, 0.25) is 0 Å². The summed E-state index contributed by atoms with van der Waals surface area (Å²) in [5, 5.41) is 51.1.